The van der Waals surface area contributed by atoms with Crippen LogP contribution in [-0.2, 0) is 21.2 Å². The Bertz CT molecular complexity index is 1210. The number of carbonyl (C=O) groups is 1. The molecule has 5 rings (SSSR count). The van der Waals surface area contributed by atoms with E-state index in [1.807, 2.05) is 18.2 Å². The average molecular weight is 578 g/mol. The molecule has 0 aromatic heterocycles. The van der Waals surface area contributed by atoms with Crippen LogP contribution in [0.5, 0.6) is 5.75 Å². The highest BCUT2D eigenvalue weighted by molar-refractivity contribution is 9.10. The van der Waals surface area contributed by atoms with Gasteiger partial charge in [0, 0.05) is 55.3 Å². The lowest BCUT2D eigenvalue weighted by Gasteiger charge is -2.36. The van der Waals surface area contributed by atoms with E-state index in [0.29, 0.717) is 25.2 Å². The lowest BCUT2D eigenvalue weighted by atomic mass is 10.2. The monoisotopic (exact) mass is 576 g/mol. The molecule has 1 N–H and O–H groups in total. The molecule has 3 aliphatic rings. The number of nitrogens with zero attached hydrogens (tertiary/aromatic N) is 3. The van der Waals surface area contributed by atoms with Crippen molar-refractivity contribution in [2.24, 2.45) is 5.92 Å². The van der Waals surface area contributed by atoms with Gasteiger partial charge in [0.05, 0.1) is 12.8 Å². The molecule has 2 fully saturated rings. The second-order valence-electron chi connectivity index (χ2n) is 9.70. The van der Waals surface area contributed by atoms with Gasteiger partial charge in [0.2, 0.25) is 15.9 Å². The molecule has 1 saturated heterocycles. The SMILES string of the molecule is COc1ccc(N2CCN(CCCNS(=O)(=O)c3cc(Br)cc4c3N(C(=O)C3CC3)CC4)CC2)cc1. The van der Waals surface area contributed by atoms with E-state index in [0.717, 1.165) is 67.8 Å². The molecule has 2 aromatic rings. The van der Waals surface area contributed by atoms with E-state index in [9.17, 15) is 13.2 Å². The first-order chi connectivity index (χ1) is 17.4. The maximum Gasteiger partial charge on any atom is 0.242 e. The second kappa shape index (κ2) is 10.7. The van der Waals surface area contributed by atoms with Gasteiger partial charge in [-0.25, -0.2) is 13.1 Å². The molecular formula is C26H33BrN4O4S. The second-order valence-corrected chi connectivity index (χ2v) is 12.4. The first-order valence-corrected chi connectivity index (χ1v) is 14.9. The number of ether oxygens (including phenoxy) is 1. The summed E-state index contributed by atoms with van der Waals surface area (Å²) < 4.78 is 35.3. The van der Waals surface area contributed by atoms with Crippen molar-refractivity contribution in [1.82, 2.24) is 9.62 Å². The Morgan fingerprint density at radius 3 is 2.47 bits per heavy atom. The van der Waals surface area contributed by atoms with Crippen LogP contribution in [-0.4, -0.2) is 72.1 Å². The number of anilines is 2. The zero-order chi connectivity index (χ0) is 25.3. The average Bonchev–Trinajstić information content (AvgIpc) is 3.66. The molecule has 1 amide bonds. The molecule has 2 aliphatic heterocycles. The van der Waals surface area contributed by atoms with Crippen LogP contribution in [0.4, 0.5) is 11.4 Å². The van der Waals surface area contributed by atoms with Crippen LogP contribution in [0.2, 0.25) is 0 Å². The standard InChI is InChI=1S/C26H33BrN4O4S/c1-35-23-7-5-22(6-8-23)30-15-13-29(14-16-30)11-2-10-28-36(33,34)24-18-21(27)17-20-9-12-31(25(20)24)26(32)19-3-4-19/h5-8,17-19,28H,2-4,9-16H2,1H3. The van der Waals surface area contributed by atoms with Crippen molar-refractivity contribution in [3.63, 3.8) is 0 Å². The van der Waals surface area contributed by atoms with Crippen LogP contribution in [0, 0.1) is 5.92 Å². The number of carbonyl (C=O) groups excluding carboxylic acids is 1. The number of nitrogens with one attached hydrogen (secondary N) is 1. The first kappa shape index (κ1) is 25.5. The zero-order valence-corrected chi connectivity index (χ0v) is 23.0. The van der Waals surface area contributed by atoms with Crippen molar-refractivity contribution in [3.05, 3.63) is 46.4 Å². The molecule has 8 nitrogen and oxygen atoms in total. The minimum absolute atomic E-state index is 0.0493. The van der Waals surface area contributed by atoms with Gasteiger partial charge in [-0.15, -0.1) is 0 Å². The van der Waals surface area contributed by atoms with E-state index in [2.05, 4.69) is 42.6 Å². The van der Waals surface area contributed by atoms with E-state index < -0.39 is 10.0 Å². The Labute approximate surface area is 221 Å². The Balaban J connectivity index is 1.14. The third kappa shape index (κ3) is 5.56. The molecule has 2 aromatic carbocycles. The Kier molecular flexibility index (Phi) is 7.57. The number of sulfonamides is 1. The van der Waals surface area contributed by atoms with Gasteiger partial charge in [-0.05, 0) is 74.2 Å². The highest BCUT2D eigenvalue weighted by atomic mass is 79.9. The number of piperazine rings is 1. The number of methoxy groups -OCH3 is 1. The zero-order valence-electron chi connectivity index (χ0n) is 20.6. The van der Waals surface area contributed by atoms with Crippen molar-refractivity contribution >= 4 is 43.2 Å². The van der Waals surface area contributed by atoms with Gasteiger partial charge in [-0.1, -0.05) is 15.9 Å². The summed E-state index contributed by atoms with van der Waals surface area (Å²) in [5.41, 5.74) is 2.67. The highest BCUT2D eigenvalue weighted by Gasteiger charge is 2.39. The van der Waals surface area contributed by atoms with Gasteiger partial charge in [0.15, 0.2) is 0 Å². The molecule has 0 radical (unpaired) electrons. The summed E-state index contributed by atoms with van der Waals surface area (Å²) in [6, 6.07) is 11.7. The molecule has 2 heterocycles. The topological polar surface area (TPSA) is 82.2 Å². The molecule has 0 spiro atoms. The summed E-state index contributed by atoms with van der Waals surface area (Å²) in [5, 5.41) is 0. The van der Waals surface area contributed by atoms with Crippen LogP contribution in [0.15, 0.2) is 45.8 Å². The summed E-state index contributed by atoms with van der Waals surface area (Å²) in [6.45, 7) is 5.50. The van der Waals surface area contributed by atoms with Gasteiger partial charge in [0.25, 0.3) is 0 Å². The number of hydrogen-bond donors (Lipinski definition) is 1. The molecule has 194 valence electrons. The van der Waals surface area contributed by atoms with E-state index in [-0.39, 0.29) is 16.7 Å². The Morgan fingerprint density at radius 2 is 1.81 bits per heavy atom. The number of halogens is 1. The first-order valence-electron chi connectivity index (χ1n) is 12.6. The van der Waals surface area contributed by atoms with E-state index in [4.69, 9.17) is 4.74 Å². The third-order valence-electron chi connectivity index (χ3n) is 7.23. The number of hydrogen-bond acceptors (Lipinski definition) is 6. The van der Waals surface area contributed by atoms with Crippen molar-refractivity contribution in [3.8, 4) is 5.75 Å². The van der Waals surface area contributed by atoms with Crippen molar-refractivity contribution in [2.45, 2.75) is 30.6 Å². The van der Waals surface area contributed by atoms with Crippen LogP contribution in [0.25, 0.3) is 0 Å². The lowest BCUT2D eigenvalue weighted by molar-refractivity contribution is -0.119. The summed E-state index contributed by atoms with van der Waals surface area (Å²) in [5.74, 6) is 0.962. The van der Waals surface area contributed by atoms with Crippen molar-refractivity contribution < 1.29 is 17.9 Å². The maximum atomic E-state index is 13.3. The van der Waals surface area contributed by atoms with Gasteiger partial charge >= 0.3 is 0 Å². The lowest BCUT2D eigenvalue weighted by Crippen LogP contribution is -2.47. The molecule has 1 aliphatic carbocycles. The van der Waals surface area contributed by atoms with Crippen LogP contribution >= 0.6 is 15.9 Å². The Morgan fingerprint density at radius 1 is 1.08 bits per heavy atom. The molecular weight excluding hydrogens is 544 g/mol. The molecule has 10 heteroatoms. The fraction of sp³-hybridized carbons (Fsp3) is 0.500. The van der Waals surface area contributed by atoms with Crippen molar-refractivity contribution in [1.29, 1.82) is 0 Å². The van der Waals surface area contributed by atoms with E-state index in [1.165, 1.54) is 5.69 Å². The molecule has 0 unspecified atom stereocenters. The summed E-state index contributed by atoms with van der Waals surface area (Å²) in [4.78, 5) is 19.4. The smallest absolute Gasteiger partial charge is 0.242 e. The number of amides is 1. The van der Waals surface area contributed by atoms with Crippen LogP contribution in [0.1, 0.15) is 24.8 Å². The largest absolute Gasteiger partial charge is 0.497 e. The number of rotatable bonds is 9. The minimum atomic E-state index is -3.74. The summed E-state index contributed by atoms with van der Waals surface area (Å²) >= 11 is 3.46. The van der Waals surface area contributed by atoms with Crippen molar-refractivity contribution in [2.75, 3.05) is 62.7 Å². The van der Waals surface area contributed by atoms with Gasteiger partial charge in [-0.3, -0.25) is 9.69 Å². The van der Waals surface area contributed by atoms with Gasteiger partial charge in [-0.2, -0.15) is 0 Å². The molecule has 0 atom stereocenters. The number of benzene rings is 2. The third-order valence-corrected chi connectivity index (χ3v) is 9.16. The Hall–Kier alpha value is -2.14. The van der Waals surface area contributed by atoms with Gasteiger partial charge in [0.1, 0.15) is 10.6 Å². The minimum Gasteiger partial charge on any atom is -0.497 e. The van der Waals surface area contributed by atoms with Crippen LogP contribution in [0.3, 0.4) is 0 Å². The van der Waals surface area contributed by atoms with E-state index in [1.54, 1.807) is 18.1 Å². The molecule has 36 heavy (non-hydrogen) atoms. The fourth-order valence-corrected chi connectivity index (χ4v) is 7.06. The molecule has 1 saturated carbocycles. The van der Waals surface area contributed by atoms with E-state index >= 15 is 0 Å². The fourth-order valence-electron chi connectivity index (χ4n) is 5.05. The number of fused-ring (bicyclic) bond motifs is 1. The van der Waals surface area contributed by atoms with Crippen LogP contribution < -0.4 is 19.3 Å². The normalized spacial score (nSPS) is 18.4. The molecule has 0 bridgehead atoms. The predicted octanol–water partition coefficient (Wildman–Crippen LogP) is 3.25. The quantitative estimate of drug-likeness (QED) is 0.461. The summed E-state index contributed by atoms with van der Waals surface area (Å²) in [6.07, 6.45) is 3.20. The predicted molar refractivity (Wildman–Crippen MR) is 144 cm³/mol. The summed E-state index contributed by atoms with van der Waals surface area (Å²) in [7, 11) is -2.07. The highest BCUT2D eigenvalue weighted by Crippen LogP contribution is 2.41. The maximum absolute atomic E-state index is 13.3. The van der Waals surface area contributed by atoms with Gasteiger partial charge < -0.3 is 14.5 Å².